The average molecular weight is 290 g/mol. The van der Waals surface area contributed by atoms with E-state index in [1.165, 1.54) is 12.8 Å². The molecule has 3 heteroatoms. The van der Waals surface area contributed by atoms with Crippen LogP contribution in [0.1, 0.15) is 35.2 Å². The molecule has 3 atom stereocenters. The lowest BCUT2D eigenvalue weighted by molar-refractivity contribution is 0.0931. The summed E-state index contributed by atoms with van der Waals surface area (Å²) in [6, 6.07) is 12.9. The highest BCUT2D eigenvalue weighted by atomic mass is 16.1. The molecule has 2 aromatic rings. The second kappa shape index (κ2) is 5.15. The van der Waals surface area contributed by atoms with Crippen LogP contribution in [-0.4, -0.2) is 24.0 Å². The Morgan fingerprint density at radius 2 is 2.05 bits per heavy atom. The summed E-state index contributed by atoms with van der Waals surface area (Å²) in [7, 11) is 0. The summed E-state index contributed by atoms with van der Waals surface area (Å²) < 4.78 is 0. The standard InChI is InChI=1S/C19H18N2O/c1-2-12-3-4-13-5-6-14(10-15(13)9-12)19(22)21-18-11-16-7-8-17(18)20-16/h1,3-6,9-10,16-18,20H,7-8,11H2,(H,21,22). The van der Waals surface area contributed by atoms with Crippen LogP contribution in [0.25, 0.3) is 10.8 Å². The van der Waals surface area contributed by atoms with Crippen molar-refractivity contribution >= 4 is 16.7 Å². The molecule has 3 nitrogen and oxygen atoms in total. The summed E-state index contributed by atoms with van der Waals surface area (Å²) in [5, 5.41) is 8.82. The molecular formula is C19H18N2O. The number of hydrogen-bond donors (Lipinski definition) is 2. The first kappa shape index (κ1) is 13.4. The van der Waals surface area contributed by atoms with Crippen molar-refractivity contribution in [3.8, 4) is 12.3 Å². The number of hydrogen-bond acceptors (Lipinski definition) is 2. The lowest BCUT2D eigenvalue weighted by atomic mass is 9.95. The van der Waals surface area contributed by atoms with E-state index in [2.05, 4.69) is 16.6 Å². The number of carbonyl (C=O) groups excluding carboxylic acids is 1. The van der Waals surface area contributed by atoms with Gasteiger partial charge in [0.1, 0.15) is 0 Å². The van der Waals surface area contributed by atoms with Crippen LogP contribution in [0.3, 0.4) is 0 Å². The van der Waals surface area contributed by atoms with E-state index in [4.69, 9.17) is 6.42 Å². The SMILES string of the molecule is C#Cc1ccc2ccc(C(=O)NC3CC4CCC3N4)cc2c1. The van der Waals surface area contributed by atoms with Crippen molar-refractivity contribution < 1.29 is 4.79 Å². The Morgan fingerprint density at radius 1 is 1.18 bits per heavy atom. The number of rotatable bonds is 2. The molecule has 0 aliphatic carbocycles. The fraction of sp³-hybridized carbons (Fsp3) is 0.316. The van der Waals surface area contributed by atoms with E-state index in [1.54, 1.807) is 0 Å². The normalized spacial score (nSPS) is 26.0. The van der Waals surface area contributed by atoms with E-state index in [9.17, 15) is 4.79 Å². The van der Waals surface area contributed by atoms with E-state index in [0.29, 0.717) is 17.6 Å². The molecule has 2 fully saturated rings. The van der Waals surface area contributed by atoms with Gasteiger partial charge in [-0.1, -0.05) is 18.1 Å². The molecule has 110 valence electrons. The van der Waals surface area contributed by atoms with Crippen LogP contribution >= 0.6 is 0 Å². The first-order chi connectivity index (χ1) is 10.7. The third-order valence-corrected chi connectivity index (χ3v) is 4.89. The molecule has 2 N–H and O–H groups in total. The van der Waals surface area contributed by atoms with Gasteiger partial charge in [0, 0.05) is 29.3 Å². The zero-order valence-corrected chi connectivity index (χ0v) is 12.3. The van der Waals surface area contributed by atoms with Crippen LogP contribution < -0.4 is 10.6 Å². The summed E-state index contributed by atoms with van der Waals surface area (Å²) in [6.07, 6.45) is 8.90. The lowest BCUT2D eigenvalue weighted by Gasteiger charge is -2.21. The van der Waals surface area contributed by atoms with Gasteiger partial charge >= 0.3 is 0 Å². The minimum atomic E-state index is 0.00682. The zero-order chi connectivity index (χ0) is 15.1. The van der Waals surface area contributed by atoms with Gasteiger partial charge in [-0.25, -0.2) is 0 Å². The van der Waals surface area contributed by atoms with Gasteiger partial charge in [0.2, 0.25) is 0 Å². The Balaban J connectivity index is 1.57. The van der Waals surface area contributed by atoms with Gasteiger partial charge in [-0.2, -0.15) is 0 Å². The highest BCUT2D eigenvalue weighted by Crippen LogP contribution is 2.28. The minimum Gasteiger partial charge on any atom is -0.348 e. The molecule has 2 aliphatic rings. The number of terminal acetylenes is 1. The van der Waals surface area contributed by atoms with Crippen molar-refractivity contribution in [2.45, 2.75) is 37.4 Å². The van der Waals surface area contributed by atoms with Gasteiger partial charge in [0.25, 0.3) is 5.91 Å². The second-order valence-corrected chi connectivity index (χ2v) is 6.28. The second-order valence-electron chi connectivity index (χ2n) is 6.28. The third-order valence-electron chi connectivity index (χ3n) is 4.89. The molecular weight excluding hydrogens is 272 g/mol. The van der Waals surface area contributed by atoms with E-state index in [-0.39, 0.29) is 11.9 Å². The van der Waals surface area contributed by atoms with Gasteiger partial charge in [-0.05, 0) is 54.3 Å². The van der Waals surface area contributed by atoms with Gasteiger partial charge in [0.05, 0.1) is 0 Å². The van der Waals surface area contributed by atoms with Gasteiger partial charge in [-0.15, -0.1) is 6.42 Å². The Hall–Kier alpha value is -2.31. The fourth-order valence-electron chi connectivity index (χ4n) is 3.71. The Labute approximate surface area is 130 Å². The quantitative estimate of drug-likeness (QED) is 0.834. The van der Waals surface area contributed by atoms with Crippen molar-refractivity contribution in [2.24, 2.45) is 0 Å². The van der Waals surface area contributed by atoms with Crippen molar-refractivity contribution in [3.63, 3.8) is 0 Å². The summed E-state index contributed by atoms with van der Waals surface area (Å²) in [5.74, 6) is 2.64. The highest BCUT2D eigenvalue weighted by molar-refractivity contribution is 5.99. The van der Waals surface area contributed by atoms with Crippen molar-refractivity contribution in [1.29, 1.82) is 0 Å². The molecule has 3 unspecified atom stereocenters. The molecule has 0 aromatic heterocycles. The topological polar surface area (TPSA) is 41.1 Å². The van der Waals surface area contributed by atoms with Crippen LogP contribution in [0.15, 0.2) is 36.4 Å². The number of fused-ring (bicyclic) bond motifs is 3. The van der Waals surface area contributed by atoms with E-state index in [1.807, 2.05) is 36.4 Å². The van der Waals surface area contributed by atoms with Gasteiger partial charge < -0.3 is 10.6 Å². The molecule has 2 aliphatic heterocycles. The van der Waals surface area contributed by atoms with E-state index >= 15 is 0 Å². The molecule has 0 radical (unpaired) electrons. The predicted molar refractivity (Wildman–Crippen MR) is 87.7 cm³/mol. The minimum absolute atomic E-state index is 0.00682. The van der Waals surface area contributed by atoms with Gasteiger partial charge in [-0.3, -0.25) is 4.79 Å². The number of nitrogens with one attached hydrogen (secondary N) is 2. The van der Waals surface area contributed by atoms with Crippen molar-refractivity contribution in [1.82, 2.24) is 10.6 Å². The number of benzene rings is 2. The third kappa shape index (κ3) is 2.26. The molecule has 0 spiro atoms. The molecule has 2 heterocycles. The van der Waals surface area contributed by atoms with Crippen LogP contribution in [0.4, 0.5) is 0 Å². The monoisotopic (exact) mass is 290 g/mol. The van der Waals surface area contributed by atoms with Crippen molar-refractivity contribution in [2.75, 3.05) is 0 Å². The maximum atomic E-state index is 12.5. The molecule has 0 saturated carbocycles. The summed E-state index contributed by atoms with van der Waals surface area (Å²) in [6.45, 7) is 0. The predicted octanol–water partition coefficient (Wildman–Crippen LogP) is 2.44. The van der Waals surface area contributed by atoms with Crippen LogP contribution in [0.2, 0.25) is 0 Å². The summed E-state index contributed by atoms with van der Waals surface area (Å²) >= 11 is 0. The van der Waals surface area contributed by atoms with Crippen LogP contribution in [0.5, 0.6) is 0 Å². The molecule has 22 heavy (non-hydrogen) atoms. The molecule has 2 saturated heterocycles. The number of carbonyl (C=O) groups is 1. The number of amides is 1. The average Bonchev–Trinajstić information content (AvgIpc) is 3.16. The fourth-order valence-corrected chi connectivity index (χ4v) is 3.71. The first-order valence-corrected chi connectivity index (χ1v) is 7.80. The Morgan fingerprint density at radius 3 is 2.77 bits per heavy atom. The van der Waals surface area contributed by atoms with E-state index in [0.717, 1.165) is 22.8 Å². The summed E-state index contributed by atoms with van der Waals surface area (Å²) in [5.41, 5.74) is 1.53. The lowest BCUT2D eigenvalue weighted by Crippen LogP contribution is -2.42. The Kier molecular flexibility index (Phi) is 3.13. The van der Waals surface area contributed by atoms with E-state index < -0.39 is 0 Å². The van der Waals surface area contributed by atoms with Crippen LogP contribution in [-0.2, 0) is 0 Å². The smallest absolute Gasteiger partial charge is 0.251 e. The maximum absolute atomic E-state index is 12.5. The summed E-state index contributed by atoms with van der Waals surface area (Å²) in [4.78, 5) is 12.5. The molecule has 4 rings (SSSR count). The molecule has 2 aromatic carbocycles. The maximum Gasteiger partial charge on any atom is 0.251 e. The largest absolute Gasteiger partial charge is 0.348 e. The first-order valence-electron chi connectivity index (χ1n) is 7.80. The zero-order valence-electron chi connectivity index (χ0n) is 12.3. The molecule has 2 bridgehead atoms. The Bertz CT molecular complexity index is 790. The highest BCUT2D eigenvalue weighted by Gasteiger charge is 2.39. The van der Waals surface area contributed by atoms with Crippen LogP contribution in [0, 0.1) is 12.3 Å². The molecule has 1 amide bonds. The van der Waals surface area contributed by atoms with Crippen molar-refractivity contribution in [3.05, 3.63) is 47.5 Å². The van der Waals surface area contributed by atoms with Gasteiger partial charge in [0.15, 0.2) is 0 Å².